The van der Waals surface area contributed by atoms with Gasteiger partial charge < -0.3 is 0 Å². The molecule has 1 N–H and O–H groups in total. The van der Waals surface area contributed by atoms with Crippen molar-refractivity contribution in [3.8, 4) is 11.3 Å². The molecule has 0 radical (unpaired) electrons. The summed E-state index contributed by atoms with van der Waals surface area (Å²) in [5, 5.41) is 0. The minimum Gasteiger partial charge on any atom is -0.240 e. The molecule has 13 heteroatoms. The SMILES string of the molecule is O=S(=O)(NCc1cc(-c2ccc(F)cc2)ncn1)c1cc(C(F)(F)F)cc(C(F)(F)F)c1. The van der Waals surface area contributed by atoms with Crippen LogP contribution in [-0.2, 0) is 28.9 Å². The van der Waals surface area contributed by atoms with E-state index in [0.29, 0.717) is 11.3 Å². The highest BCUT2D eigenvalue weighted by Gasteiger charge is 2.38. The van der Waals surface area contributed by atoms with E-state index in [-0.39, 0.29) is 23.9 Å². The number of hydrogen-bond acceptors (Lipinski definition) is 4. The summed E-state index contributed by atoms with van der Waals surface area (Å²) in [6.07, 6.45) is -9.31. The lowest BCUT2D eigenvalue weighted by Gasteiger charge is -2.15. The molecule has 2 aromatic carbocycles. The second kappa shape index (κ2) is 8.47. The Labute approximate surface area is 177 Å². The second-order valence-electron chi connectivity index (χ2n) is 6.47. The van der Waals surface area contributed by atoms with Crippen LogP contribution in [0.3, 0.4) is 0 Å². The fourth-order valence-corrected chi connectivity index (χ4v) is 3.68. The van der Waals surface area contributed by atoms with Gasteiger partial charge in [-0.1, -0.05) is 0 Å². The van der Waals surface area contributed by atoms with Crippen LogP contribution in [0.25, 0.3) is 11.3 Å². The smallest absolute Gasteiger partial charge is 0.240 e. The first-order chi connectivity index (χ1) is 14.8. The summed E-state index contributed by atoms with van der Waals surface area (Å²) in [4.78, 5) is 6.58. The van der Waals surface area contributed by atoms with E-state index in [2.05, 4.69) is 9.97 Å². The fourth-order valence-electron chi connectivity index (χ4n) is 2.61. The summed E-state index contributed by atoms with van der Waals surface area (Å²) < 4.78 is 118. The van der Waals surface area contributed by atoms with Crippen molar-refractivity contribution in [1.82, 2.24) is 14.7 Å². The van der Waals surface area contributed by atoms with Crippen LogP contribution < -0.4 is 4.72 Å². The predicted octanol–water partition coefficient (Wildman–Crippen LogP) is 4.80. The van der Waals surface area contributed by atoms with Crippen molar-refractivity contribution < 1.29 is 39.2 Å². The number of hydrogen-bond donors (Lipinski definition) is 1. The maximum absolute atomic E-state index is 13.0. The van der Waals surface area contributed by atoms with Crippen LogP contribution in [-0.4, -0.2) is 18.4 Å². The van der Waals surface area contributed by atoms with Crippen molar-refractivity contribution in [3.05, 3.63) is 77.5 Å². The van der Waals surface area contributed by atoms with Gasteiger partial charge in [-0.15, -0.1) is 0 Å². The standard InChI is InChI=1S/C19H12F7N3O2S/c20-14-3-1-11(2-4-14)17-8-15(27-10-28-17)9-29-32(30,31)16-6-12(18(21,22)23)5-13(7-16)19(24,25)26/h1-8,10,29H,9H2. The topological polar surface area (TPSA) is 72.0 Å². The lowest BCUT2D eigenvalue weighted by atomic mass is 10.1. The average Bonchev–Trinajstić information content (AvgIpc) is 2.71. The molecule has 0 aliphatic rings. The average molecular weight is 479 g/mol. The summed E-state index contributed by atoms with van der Waals surface area (Å²) in [5.41, 5.74) is -2.66. The molecule has 0 unspecified atom stereocenters. The second-order valence-corrected chi connectivity index (χ2v) is 8.23. The van der Waals surface area contributed by atoms with E-state index < -0.39 is 50.8 Å². The van der Waals surface area contributed by atoms with Gasteiger partial charge in [-0.05, 0) is 48.5 Å². The molecule has 0 spiro atoms. The molecule has 0 saturated carbocycles. The number of nitrogens with zero attached hydrogens (tertiary/aromatic N) is 2. The van der Waals surface area contributed by atoms with Crippen LogP contribution >= 0.6 is 0 Å². The molecule has 0 saturated heterocycles. The quantitative estimate of drug-likeness (QED) is 0.534. The lowest BCUT2D eigenvalue weighted by Crippen LogP contribution is -2.25. The molecule has 0 aliphatic carbocycles. The summed E-state index contributed by atoms with van der Waals surface area (Å²) in [6, 6.07) is 6.56. The molecule has 0 aliphatic heterocycles. The fraction of sp³-hybridized carbons (Fsp3) is 0.158. The Balaban J connectivity index is 1.89. The van der Waals surface area contributed by atoms with E-state index in [1.54, 1.807) is 0 Å². The van der Waals surface area contributed by atoms with Crippen molar-refractivity contribution in [2.45, 2.75) is 23.8 Å². The van der Waals surface area contributed by atoms with Crippen molar-refractivity contribution in [2.75, 3.05) is 0 Å². The van der Waals surface area contributed by atoms with Gasteiger partial charge in [0.1, 0.15) is 12.1 Å². The molecule has 0 fully saturated rings. The van der Waals surface area contributed by atoms with Crippen molar-refractivity contribution in [3.63, 3.8) is 0 Å². The number of aromatic nitrogens is 2. The molecule has 5 nitrogen and oxygen atoms in total. The summed E-state index contributed by atoms with van der Waals surface area (Å²) in [5.74, 6) is -0.491. The number of sulfonamides is 1. The van der Waals surface area contributed by atoms with E-state index in [9.17, 15) is 39.2 Å². The minimum absolute atomic E-state index is 0.0749. The maximum Gasteiger partial charge on any atom is 0.416 e. The number of rotatable bonds is 5. The molecule has 3 aromatic rings. The Morgan fingerprint density at radius 2 is 1.38 bits per heavy atom. The molecule has 1 aromatic heterocycles. The van der Waals surface area contributed by atoms with E-state index in [0.717, 1.165) is 6.33 Å². The first-order valence-electron chi connectivity index (χ1n) is 8.62. The van der Waals surface area contributed by atoms with Gasteiger partial charge in [-0.3, -0.25) is 0 Å². The van der Waals surface area contributed by atoms with Gasteiger partial charge in [0.15, 0.2) is 0 Å². The largest absolute Gasteiger partial charge is 0.416 e. The molecule has 0 atom stereocenters. The van der Waals surface area contributed by atoms with E-state index in [1.165, 1.54) is 30.3 Å². The zero-order valence-corrected chi connectivity index (χ0v) is 16.5. The zero-order valence-electron chi connectivity index (χ0n) is 15.7. The molecule has 0 amide bonds. The predicted molar refractivity (Wildman–Crippen MR) is 97.9 cm³/mol. The molecular formula is C19H12F7N3O2S. The van der Waals surface area contributed by atoms with Gasteiger partial charge in [-0.2, -0.15) is 26.3 Å². The Morgan fingerprint density at radius 1 is 0.812 bits per heavy atom. The van der Waals surface area contributed by atoms with E-state index >= 15 is 0 Å². The summed E-state index contributed by atoms with van der Waals surface area (Å²) in [7, 11) is -4.77. The van der Waals surface area contributed by atoms with Crippen LogP contribution in [0.5, 0.6) is 0 Å². The zero-order chi connectivity index (χ0) is 23.7. The third kappa shape index (κ3) is 5.59. The highest BCUT2D eigenvalue weighted by Crippen LogP contribution is 2.37. The molecule has 0 bridgehead atoms. The Hall–Kier alpha value is -3.06. The Kier molecular flexibility index (Phi) is 6.24. The van der Waals surface area contributed by atoms with Gasteiger partial charge in [0.2, 0.25) is 10.0 Å². The minimum atomic E-state index is -5.19. The molecular weight excluding hydrogens is 467 g/mol. The van der Waals surface area contributed by atoms with Crippen molar-refractivity contribution in [1.29, 1.82) is 0 Å². The molecule has 32 heavy (non-hydrogen) atoms. The monoisotopic (exact) mass is 479 g/mol. The number of nitrogens with one attached hydrogen (secondary N) is 1. The summed E-state index contributed by atoms with van der Waals surface area (Å²) in [6.45, 7) is -0.545. The third-order valence-electron chi connectivity index (χ3n) is 4.18. The normalized spacial score (nSPS) is 12.7. The van der Waals surface area contributed by atoms with Gasteiger partial charge in [-0.25, -0.2) is 27.5 Å². The van der Waals surface area contributed by atoms with Gasteiger partial charge in [0, 0.05) is 5.56 Å². The van der Waals surface area contributed by atoms with Gasteiger partial charge >= 0.3 is 12.4 Å². The first kappa shape index (κ1) is 23.6. The maximum atomic E-state index is 13.0. The molecule has 1 heterocycles. The Bertz CT molecular complexity index is 1190. The van der Waals surface area contributed by atoms with Crippen LogP contribution in [0.15, 0.2) is 59.8 Å². The number of benzene rings is 2. The molecule has 3 rings (SSSR count). The van der Waals surface area contributed by atoms with E-state index in [4.69, 9.17) is 0 Å². The van der Waals surface area contributed by atoms with Crippen LogP contribution in [0.1, 0.15) is 16.8 Å². The number of halogens is 7. The lowest BCUT2D eigenvalue weighted by molar-refractivity contribution is -0.143. The van der Waals surface area contributed by atoms with Gasteiger partial charge in [0.05, 0.1) is 34.0 Å². The van der Waals surface area contributed by atoms with Gasteiger partial charge in [0.25, 0.3) is 0 Å². The Morgan fingerprint density at radius 3 is 1.91 bits per heavy atom. The number of alkyl halides is 6. The highest BCUT2D eigenvalue weighted by molar-refractivity contribution is 7.89. The first-order valence-corrected chi connectivity index (χ1v) is 10.1. The third-order valence-corrected chi connectivity index (χ3v) is 5.56. The van der Waals surface area contributed by atoms with Crippen LogP contribution in [0.2, 0.25) is 0 Å². The van der Waals surface area contributed by atoms with Crippen LogP contribution in [0, 0.1) is 5.82 Å². The van der Waals surface area contributed by atoms with Crippen molar-refractivity contribution in [2.24, 2.45) is 0 Å². The van der Waals surface area contributed by atoms with E-state index in [1.807, 2.05) is 4.72 Å². The molecule has 170 valence electrons. The highest BCUT2D eigenvalue weighted by atomic mass is 32.2. The van der Waals surface area contributed by atoms with Crippen molar-refractivity contribution >= 4 is 10.0 Å². The van der Waals surface area contributed by atoms with Crippen LogP contribution in [0.4, 0.5) is 30.7 Å². The summed E-state index contributed by atoms with van der Waals surface area (Å²) >= 11 is 0.